The SMILES string of the molecule is CC1=C2C3=CC[C@@H]4[C@@]5(C)C[C@@H](O)[C@@H](O)[C@@](C)(CO)[C@@H]5CC[C@@]4(C)[C@]3(C)CC[C@@]2(C(=O)O[C@@H]2O[C@H](CO)[C@@H](O)[C@H](O)[C@H]2O)CC[C@H]1C. The predicted octanol–water partition coefficient (Wildman–Crippen LogP) is 2.36. The Hall–Kier alpha value is -1.37. The van der Waals surface area contributed by atoms with Crippen molar-refractivity contribution in [3.8, 4) is 0 Å². The molecule has 3 saturated carbocycles. The first kappa shape index (κ1) is 34.5. The van der Waals surface area contributed by atoms with Crippen LogP contribution in [-0.4, -0.2) is 97.8 Å². The zero-order chi connectivity index (χ0) is 33.8. The minimum absolute atomic E-state index is 0.0480. The largest absolute Gasteiger partial charge is 0.432 e. The molecule has 0 radical (unpaired) electrons. The average Bonchev–Trinajstić information content (AvgIpc) is 3.02. The van der Waals surface area contributed by atoms with Gasteiger partial charge in [-0.2, -0.15) is 0 Å². The van der Waals surface area contributed by atoms with E-state index in [0.717, 1.165) is 43.3 Å². The lowest BCUT2D eigenvalue weighted by molar-refractivity contribution is -0.295. The van der Waals surface area contributed by atoms with Crippen molar-refractivity contribution in [3.63, 3.8) is 0 Å². The van der Waals surface area contributed by atoms with Gasteiger partial charge in [-0.05, 0) is 103 Å². The first-order chi connectivity index (χ1) is 21.5. The van der Waals surface area contributed by atoms with Gasteiger partial charge in [0.25, 0.3) is 0 Å². The lowest BCUT2D eigenvalue weighted by atomic mass is 9.34. The third kappa shape index (κ3) is 4.40. The molecular weight excluding hydrogens is 592 g/mol. The first-order valence-corrected chi connectivity index (χ1v) is 17.4. The molecule has 0 unspecified atom stereocenters. The van der Waals surface area contributed by atoms with Crippen LogP contribution in [0, 0.1) is 44.8 Å². The highest BCUT2D eigenvalue weighted by Gasteiger charge is 2.70. The van der Waals surface area contributed by atoms with E-state index in [1.54, 1.807) is 0 Å². The Kier molecular flexibility index (Phi) is 8.50. The van der Waals surface area contributed by atoms with Gasteiger partial charge in [-0.3, -0.25) is 4.79 Å². The molecule has 0 aromatic heterocycles. The molecule has 260 valence electrons. The van der Waals surface area contributed by atoms with Gasteiger partial charge in [-0.15, -0.1) is 0 Å². The summed E-state index contributed by atoms with van der Waals surface area (Å²) in [5, 5.41) is 73.8. The van der Waals surface area contributed by atoms with Crippen LogP contribution in [0.3, 0.4) is 0 Å². The van der Waals surface area contributed by atoms with E-state index < -0.39 is 66.3 Å². The van der Waals surface area contributed by atoms with Crippen LogP contribution in [0.25, 0.3) is 0 Å². The molecule has 6 rings (SSSR count). The number of aliphatic hydroxyl groups is 7. The van der Waals surface area contributed by atoms with Crippen molar-refractivity contribution in [3.05, 3.63) is 22.8 Å². The topological polar surface area (TPSA) is 177 Å². The maximum Gasteiger partial charge on any atom is 0.318 e. The van der Waals surface area contributed by atoms with Gasteiger partial charge < -0.3 is 45.2 Å². The van der Waals surface area contributed by atoms with Crippen LogP contribution in [0.1, 0.15) is 92.9 Å². The molecule has 10 nitrogen and oxygen atoms in total. The smallest absolute Gasteiger partial charge is 0.318 e. The van der Waals surface area contributed by atoms with Crippen LogP contribution in [-0.2, 0) is 14.3 Å². The van der Waals surface area contributed by atoms with E-state index >= 15 is 0 Å². The van der Waals surface area contributed by atoms with Crippen LogP contribution in [0.2, 0.25) is 0 Å². The van der Waals surface area contributed by atoms with E-state index in [9.17, 15) is 40.5 Å². The first-order valence-electron chi connectivity index (χ1n) is 17.4. The lowest BCUT2D eigenvalue weighted by Gasteiger charge is -2.70. The number of carbonyl (C=O) groups excluding carboxylic acids is 1. The van der Waals surface area contributed by atoms with E-state index in [4.69, 9.17) is 9.47 Å². The third-order valence-electron chi connectivity index (χ3n) is 15.0. The Morgan fingerprint density at radius 2 is 1.63 bits per heavy atom. The molecule has 0 bridgehead atoms. The fourth-order valence-electron chi connectivity index (χ4n) is 11.8. The Labute approximate surface area is 272 Å². The summed E-state index contributed by atoms with van der Waals surface area (Å²) >= 11 is 0. The van der Waals surface area contributed by atoms with Crippen molar-refractivity contribution in [2.75, 3.05) is 13.2 Å². The van der Waals surface area contributed by atoms with Crippen LogP contribution in [0.5, 0.6) is 0 Å². The Morgan fingerprint density at radius 3 is 2.28 bits per heavy atom. The Balaban J connectivity index is 1.39. The summed E-state index contributed by atoms with van der Waals surface area (Å²) in [4.78, 5) is 14.4. The summed E-state index contributed by atoms with van der Waals surface area (Å²) in [6, 6.07) is 0. The van der Waals surface area contributed by atoms with Gasteiger partial charge in [0, 0.05) is 5.41 Å². The number of rotatable bonds is 4. The van der Waals surface area contributed by atoms with Crippen LogP contribution >= 0.6 is 0 Å². The van der Waals surface area contributed by atoms with Crippen LogP contribution in [0.4, 0.5) is 0 Å². The second-order valence-corrected chi connectivity index (χ2v) is 16.8. The molecule has 1 aliphatic heterocycles. The molecule has 10 heteroatoms. The second-order valence-electron chi connectivity index (χ2n) is 16.8. The number of aliphatic hydroxyl groups excluding tert-OH is 7. The number of esters is 1. The minimum Gasteiger partial charge on any atom is -0.432 e. The van der Waals surface area contributed by atoms with Gasteiger partial charge >= 0.3 is 5.97 Å². The fraction of sp³-hybridized carbons (Fsp3) is 0.861. The zero-order valence-electron chi connectivity index (χ0n) is 28.3. The van der Waals surface area contributed by atoms with Gasteiger partial charge in [-0.1, -0.05) is 46.3 Å². The maximum absolute atomic E-state index is 14.4. The van der Waals surface area contributed by atoms with Crippen molar-refractivity contribution in [1.29, 1.82) is 0 Å². The number of ether oxygens (including phenoxy) is 2. The third-order valence-corrected chi connectivity index (χ3v) is 15.0. The molecular formula is C36H56O10. The van der Waals surface area contributed by atoms with E-state index in [1.807, 2.05) is 6.92 Å². The molecule has 0 aromatic carbocycles. The predicted molar refractivity (Wildman–Crippen MR) is 168 cm³/mol. The van der Waals surface area contributed by atoms with E-state index in [-0.39, 0.29) is 40.6 Å². The standard InChI is InChI=1S/C36H56O10/c1-18-9-12-36(31(44)46-30-28(42)27(41)26(40)22(16-37)45-30)14-13-34(5)20(25(36)19(18)2)7-8-24-32(3)15-21(39)29(43)33(4,17-38)23(32)10-11-35(24,34)6/h7,18,21-24,26-30,37-43H,8-17H2,1-6H3/t18-,21-,22-,23-,24-,26-,27+,28-,29-,30+,32+,33+,34-,35-,36+/m1/s1. The number of carbonyl (C=O) groups is 1. The highest BCUT2D eigenvalue weighted by molar-refractivity contribution is 5.84. The number of hydrogen-bond acceptors (Lipinski definition) is 10. The molecule has 46 heavy (non-hydrogen) atoms. The van der Waals surface area contributed by atoms with Gasteiger partial charge in [0.05, 0.1) is 30.8 Å². The van der Waals surface area contributed by atoms with E-state index in [1.165, 1.54) is 5.57 Å². The van der Waals surface area contributed by atoms with E-state index in [0.29, 0.717) is 19.3 Å². The molecule has 0 spiro atoms. The fourth-order valence-corrected chi connectivity index (χ4v) is 11.8. The minimum atomic E-state index is -1.67. The van der Waals surface area contributed by atoms with Crippen molar-refractivity contribution >= 4 is 5.97 Å². The van der Waals surface area contributed by atoms with Crippen molar-refractivity contribution in [2.24, 2.45) is 44.8 Å². The summed E-state index contributed by atoms with van der Waals surface area (Å²) < 4.78 is 11.5. The van der Waals surface area contributed by atoms with Gasteiger partial charge in [0.15, 0.2) is 0 Å². The summed E-state index contributed by atoms with van der Waals surface area (Å²) in [5.74, 6) is -0.0274. The Morgan fingerprint density at radius 1 is 0.935 bits per heavy atom. The molecule has 7 N–H and O–H groups in total. The quantitative estimate of drug-likeness (QED) is 0.224. The number of hydrogen-bond donors (Lipinski definition) is 7. The number of allylic oxidation sites excluding steroid dienone is 3. The van der Waals surface area contributed by atoms with Crippen molar-refractivity contribution in [2.45, 2.75) is 136 Å². The summed E-state index contributed by atoms with van der Waals surface area (Å²) in [6.07, 6.45) is -1.55. The van der Waals surface area contributed by atoms with Gasteiger partial charge in [-0.25, -0.2) is 0 Å². The summed E-state index contributed by atoms with van der Waals surface area (Å²) in [6.45, 7) is 12.4. The number of fused-ring (bicyclic) bond motifs is 7. The lowest BCUT2D eigenvalue weighted by Crippen LogP contribution is -2.67. The molecule has 0 aromatic rings. The molecule has 6 aliphatic rings. The molecule has 5 aliphatic carbocycles. The van der Waals surface area contributed by atoms with Crippen LogP contribution in [0.15, 0.2) is 22.8 Å². The summed E-state index contributed by atoms with van der Waals surface area (Å²) in [7, 11) is 0. The molecule has 4 fully saturated rings. The van der Waals surface area contributed by atoms with Gasteiger partial charge in [0.1, 0.15) is 24.4 Å². The normalized spacial score (nSPS) is 53.7. The second kappa shape index (κ2) is 11.3. The highest BCUT2D eigenvalue weighted by Crippen LogP contribution is 2.75. The van der Waals surface area contributed by atoms with Gasteiger partial charge in [0.2, 0.25) is 6.29 Å². The monoisotopic (exact) mass is 648 g/mol. The zero-order valence-corrected chi connectivity index (χ0v) is 28.3. The van der Waals surface area contributed by atoms with Crippen molar-refractivity contribution < 1.29 is 50.0 Å². The average molecular weight is 649 g/mol. The molecule has 1 saturated heterocycles. The van der Waals surface area contributed by atoms with E-state index in [2.05, 4.69) is 40.7 Å². The van der Waals surface area contributed by atoms with Crippen LogP contribution < -0.4 is 0 Å². The highest BCUT2D eigenvalue weighted by atomic mass is 16.7. The summed E-state index contributed by atoms with van der Waals surface area (Å²) in [5.41, 5.74) is 0.798. The maximum atomic E-state index is 14.4. The van der Waals surface area contributed by atoms with Crippen molar-refractivity contribution in [1.82, 2.24) is 0 Å². The molecule has 15 atom stereocenters. The molecule has 1 heterocycles. The Bertz CT molecular complexity index is 1300. The molecule has 0 amide bonds.